The predicted molar refractivity (Wildman–Crippen MR) is 318 cm³/mol. The molecule has 0 atom stereocenters. The second kappa shape index (κ2) is 20.0. The van der Waals surface area contributed by atoms with Gasteiger partial charge in [0.2, 0.25) is 0 Å². The van der Waals surface area contributed by atoms with Crippen molar-refractivity contribution in [2.75, 3.05) is 0 Å². The van der Waals surface area contributed by atoms with E-state index in [-0.39, 0.29) is 21.7 Å². The quantitative estimate of drug-likeness (QED) is 0.137. The van der Waals surface area contributed by atoms with E-state index in [1.54, 1.807) is 0 Å². The molecule has 8 aromatic carbocycles. The van der Waals surface area contributed by atoms with Gasteiger partial charge in [0.05, 0.1) is 5.69 Å². The summed E-state index contributed by atoms with van der Waals surface area (Å²) in [4.78, 5) is 5.32. The second-order valence-electron chi connectivity index (χ2n) is 25.0. The van der Waals surface area contributed by atoms with Gasteiger partial charge in [-0.1, -0.05) is 205 Å². The molecule has 0 aliphatic heterocycles. The molecule has 9 rings (SSSR count). The lowest BCUT2D eigenvalue weighted by Crippen LogP contribution is -2.10. The van der Waals surface area contributed by atoms with Gasteiger partial charge >= 0.3 is 0 Å². The molecule has 0 N–H and O–H groups in total. The average Bonchev–Trinajstić information content (AvgIpc) is 3.78. The summed E-state index contributed by atoms with van der Waals surface area (Å²) in [5.74, 6) is 1.70. The Hall–Kier alpha value is -7.10. The molecular formula is C71H77N3. The number of hydrogen-bond acceptors (Lipinski definition) is 2. The summed E-state index contributed by atoms with van der Waals surface area (Å²) in [5.41, 5.74) is 24.3. The monoisotopic (exact) mass is 972 g/mol. The Balaban J connectivity index is 1.13. The van der Waals surface area contributed by atoms with Crippen LogP contribution in [-0.4, -0.2) is 14.8 Å². The van der Waals surface area contributed by atoms with Gasteiger partial charge in [-0.05, 0) is 197 Å². The van der Waals surface area contributed by atoms with Crippen LogP contribution in [0.3, 0.4) is 0 Å². The van der Waals surface area contributed by atoms with Crippen molar-refractivity contribution < 1.29 is 0 Å². The van der Waals surface area contributed by atoms with Gasteiger partial charge in [-0.2, -0.15) is 5.10 Å². The number of aryl methyl sites for hydroxylation is 3. The molecular weight excluding hydrogens is 895 g/mol. The molecule has 0 amide bonds. The number of nitrogens with zero attached hydrogens (tertiary/aromatic N) is 3. The van der Waals surface area contributed by atoms with E-state index in [1.165, 1.54) is 77.9 Å². The lowest BCUT2D eigenvalue weighted by Gasteiger charge is -2.20. The molecule has 3 nitrogen and oxygen atoms in total. The molecule has 74 heavy (non-hydrogen) atoms. The Morgan fingerprint density at radius 3 is 0.946 bits per heavy atom. The zero-order valence-electron chi connectivity index (χ0n) is 46.9. The van der Waals surface area contributed by atoms with Gasteiger partial charge in [0, 0.05) is 12.0 Å². The first-order valence-electron chi connectivity index (χ1n) is 26.9. The Kier molecular flexibility index (Phi) is 14.0. The maximum Gasteiger partial charge on any atom is 0.163 e. The van der Waals surface area contributed by atoms with E-state index in [2.05, 4.69) is 278 Å². The third kappa shape index (κ3) is 11.2. The highest BCUT2D eigenvalue weighted by Crippen LogP contribution is 2.40. The van der Waals surface area contributed by atoms with Crippen molar-refractivity contribution in [1.29, 1.82) is 0 Å². The first-order valence-corrected chi connectivity index (χ1v) is 26.9. The molecule has 0 unspecified atom stereocenters. The van der Waals surface area contributed by atoms with Crippen molar-refractivity contribution in [3.63, 3.8) is 0 Å². The molecule has 0 fully saturated rings. The molecule has 0 radical (unpaired) electrons. The normalized spacial score (nSPS) is 12.4. The number of benzene rings is 8. The van der Waals surface area contributed by atoms with E-state index in [9.17, 15) is 0 Å². The Morgan fingerprint density at radius 1 is 0.338 bits per heavy atom. The van der Waals surface area contributed by atoms with E-state index >= 15 is 0 Å². The van der Waals surface area contributed by atoms with Crippen LogP contribution in [0.1, 0.15) is 136 Å². The molecule has 1 aromatic heterocycles. The average molecular weight is 972 g/mol. The van der Waals surface area contributed by atoms with Crippen molar-refractivity contribution in [1.82, 2.24) is 14.8 Å². The summed E-state index contributed by atoms with van der Waals surface area (Å²) in [5, 5.41) is 5.29. The highest BCUT2D eigenvalue weighted by Gasteiger charge is 2.22. The Morgan fingerprint density at radius 2 is 0.622 bits per heavy atom. The molecule has 3 heteroatoms. The molecule has 0 aliphatic rings. The zero-order valence-corrected chi connectivity index (χ0v) is 46.9. The number of rotatable bonds is 10. The topological polar surface area (TPSA) is 30.7 Å². The van der Waals surface area contributed by atoms with Crippen molar-refractivity contribution in [2.45, 2.75) is 138 Å². The van der Waals surface area contributed by atoms with Gasteiger partial charge in [-0.25, -0.2) is 9.67 Å². The van der Waals surface area contributed by atoms with Crippen molar-refractivity contribution in [2.24, 2.45) is 0 Å². The van der Waals surface area contributed by atoms with Crippen LogP contribution in [0.5, 0.6) is 0 Å². The van der Waals surface area contributed by atoms with E-state index in [1.807, 2.05) is 0 Å². The van der Waals surface area contributed by atoms with Crippen LogP contribution in [0.4, 0.5) is 0 Å². The van der Waals surface area contributed by atoms with E-state index in [0.717, 1.165) is 58.0 Å². The lowest BCUT2D eigenvalue weighted by atomic mass is 9.85. The van der Waals surface area contributed by atoms with Crippen LogP contribution in [0.25, 0.3) is 83.8 Å². The molecule has 0 aliphatic carbocycles. The first kappa shape index (κ1) is 51.8. The highest BCUT2D eigenvalue weighted by molar-refractivity contribution is 5.84. The van der Waals surface area contributed by atoms with Gasteiger partial charge in [-0.15, -0.1) is 0 Å². The molecule has 0 spiro atoms. The largest absolute Gasteiger partial charge is 0.212 e. The summed E-state index contributed by atoms with van der Waals surface area (Å²) in [6.07, 6.45) is 1.76. The van der Waals surface area contributed by atoms with Crippen LogP contribution >= 0.6 is 0 Å². The smallest absolute Gasteiger partial charge is 0.163 e. The summed E-state index contributed by atoms with van der Waals surface area (Å²) < 4.78 is 2.11. The van der Waals surface area contributed by atoms with E-state index in [0.29, 0.717) is 0 Å². The van der Waals surface area contributed by atoms with Crippen LogP contribution in [0.15, 0.2) is 170 Å². The maximum atomic E-state index is 5.32. The van der Waals surface area contributed by atoms with Crippen molar-refractivity contribution in [3.8, 4) is 83.8 Å². The second-order valence-corrected chi connectivity index (χ2v) is 25.0. The van der Waals surface area contributed by atoms with Gasteiger partial charge in [0.25, 0.3) is 0 Å². The van der Waals surface area contributed by atoms with E-state index in [4.69, 9.17) is 10.1 Å². The lowest BCUT2D eigenvalue weighted by molar-refractivity contribution is 0.590. The van der Waals surface area contributed by atoms with Crippen LogP contribution < -0.4 is 0 Å². The highest BCUT2D eigenvalue weighted by atomic mass is 15.4. The SMILES string of the molecule is CCCc1nc(-c2cccc(-c3cc(-c4ccc(C(C)(C)C)cc4)cc(-c4ccc(C(C)(C)C)cc4)c3)c2)n(-c2c(C)cc(-c3cc(-c4ccc(C(C)(C)C)cc4)cc(-c4ccc(C(C)(C)C)cc4)c3)cc2C)n1. The van der Waals surface area contributed by atoms with Crippen LogP contribution in [0, 0.1) is 13.8 Å². The molecule has 9 aromatic rings. The minimum absolute atomic E-state index is 0.0764. The minimum atomic E-state index is 0.0764. The number of hydrogen-bond donors (Lipinski definition) is 0. The predicted octanol–water partition coefficient (Wildman–Crippen LogP) is 19.7. The van der Waals surface area contributed by atoms with Crippen molar-refractivity contribution >= 4 is 0 Å². The fourth-order valence-corrected chi connectivity index (χ4v) is 10.2. The summed E-state index contributed by atoms with van der Waals surface area (Å²) in [6, 6.07) is 64.2. The third-order valence-corrected chi connectivity index (χ3v) is 14.8. The van der Waals surface area contributed by atoms with E-state index < -0.39 is 0 Å². The van der Waals surface area contributed by atoms with Gasteiger partial charge < -0.3 is 0 Å². The molecule has 0 saturated heterocycles. The van der Waals surface area contributed by atoms with Gasteiger partial charge in [-0.3, -0.25) is 0 Å². The number of aromatic nitrogens is 3. The molecule has 376 valence electrons. The van der Waals surface area contributed by atoms with Crippen LogP contribution in [-0.2, 0) is 28.1 Å². The van der Waals surface area contributed by atoms with Gasteiger partial charge in [0.1, 0.15) is 0 Å². The Labute approximate surface area is 443 Å². The zero-order chi connectivity index (χ0) is 52.9. The molecule has 1 heterocycles. The Bertz CT molecular complexity index is 3270. The fourth-order valence-electron chi connectivity index (χ4n) is 10.2. The summed E-state index contributed by atoms with van der Waals surface area (Å²) >= 11 is 0. The van der Waals surface area contributed by atoms with Gasteiger partial charge in [0.15, 0.2) is 11.6 Å². The summed E-state index contributed by atoms with van der Waals surface area (Å²) in [6.45, 7) is 33.9. The van der Waals surface area contributed by atoms with Crippen molar-refractivity contribution in [3.05, 3.63) is 209 Å². The minimum Gasteiger partial charge on any atom is -0.212 e. The molecule has 0 saturated carbocycles. The maximum absolute atomic E-state index is 5.32. The third-order valence-electron chi connectivity index (χ3n) is 14.8. The first-order chi connectivity index (χ1) is 34.9. The van der Waals surface area contributed by atoms with Crippen LogP contribution in [0.2, 0.25) is 0 Å². The standard InChI is InChI=1S/C71H77N3/c1-16-18-65-72-67(53-20-17-19-52(39-53)59-42-55(48-21-29-61(30-22-48)68(4,5)6)40-56(43-59)49-23-31-62(32-24-49)69(7,8)9)74(73-65)66-46(2)37-54(38-47(66)3)60-44-57(50-25-33-63(34-26-50)70(10,11)12)41-58(45-60)51-27-35-64(36-28-51)71(13,14)15/h17,19-45H,16,18H2,1-15H3. The summed E-state index contributed by atoms with van der Waals surface area (Å²) in [7, 11) is 0. The molecule has 0 bridgehead atoms. The fraction of sp³-hybridized carbons (Fsp3) is 0.296.